The highest BCUT2D eigenvalue weighted by Crippen LogP contribution is 2.30. The number of aromatic nitrogens is 2. The summed E-state index contributed by atoms with van der Waals surface area (Å²) in [5.41, 5.74) is 2.36. The fourth-order valence-electron chi connectivity index (χ4n) is 1.53. The molecular formula is C11H11ClN2O. The van der Waals surface area contributed by atoms with Gasteiger partial charge < -0.3 is 10.1 Å². The van der Waals surface area contributed by atoms with E-state index in [1.807, 2.05) is 19.1 Å². The predicted octanol–water partition coefficient (Wildman–Crippen LogP) is 3.00. The van der Waals surface area contributed by atoms with Crippen LogP contribution in [-0.2, 0) is 6.42 Å². The predicted molar refractivity (Wildman–Crippen MR) is 60.1 cm³/mol. The molecule has 0 saturated carbocycles. The minimum absolute atomic E-state index is 0.218. The quantitative estimate of drug-likeness (QED) is 0.821. The summed E-state index contributed by atoms with van der Waals surface area (Å²) in [6.07, 6.45) is 0.795. The number of nitrogens with one attached hydrogen (secondary N) is 1. The molecule has 4 heteroatoms. The lowest BCUT2D eigenvalue weighted by atomic mass is 10.1. The van der Waals surface area contributed by atoms with E-state index in [1.165, 1.54) is 0 Å². The number of nitrogens with zero attached hydrogens (tertiary/aromatic N) is 1. The lowest BCUT2D eigenvalue weighted by Gasteiger charge is -2.02. The van der Waals surface area contributed by atoms with Crippen LogP contribution < -0.4 is 0 Å². The summed E-state index contributed by atoms with van der Waals surface area (Å²) in [7, 11) is 0. The number of hydrogen-bond acceptors (Lipinski definition) is 2. The Balaban J connectivity index is 2.58. The molecule has 3 nitrogen and oxygen atoms in total. The van der Waals surface area contributed by atoms with Crippen LogP contribution in [-0.4, -0.2) is 15.1 Å². The Morgan fingerprint density at radius 2 is 2.13 bits per heavy atom. The molecule has 0 amide bonds. The Labute approximate surface area is 92.7 Å². The Bertz CT molecular complexity index is 479. The van der Waals surface area contributed by atoms with Gasteiger partial charge in [-0.1, -0.05) is 19.1 Å². The van der Waals surface area contributed by atoms with Crippen molar-refractivity contribution in [2.24, 2.45) is 0 Å². The molecule has 78 valence electrons. The maximum absolute atomic E-state index is 9.70. The zero-order valence-electron chi connectivity index (χ0n) is 8.29. The number of benzene rings is 1. The Morgan fingerprint density at radius 1 is 1.40 bits per heavy atom. The molecule has 2 aromatic rings. The minimum Gasteiger partial charge on any atom is -0.507 e. The molecule has 0 radical (unpaired) electrons. The van der Waals surface area contributed by atoms with Gasteiger partial charge in [-0.15, -0.1) is 0 Å². The minimum atomic E-state index is 0.218. The van der Waals surface area contributed by atoms with Crippen LogP contribution >= 0.6 is 11.6 Å². The van der Waals surface area contributed by atoms with Crippen molar-refractivity contribution in [1.29, 1.82) is 0 Å². The molecule has 0 aliphatic carbocycles. The first-order valence-corrected chi connectivity index (χ1v) is 5.13. The van der Waals surface area contributed by atoms with Gasteiger partial charge in [-0.2, -0.15) is 0 Å². The average Bonchev–Trinajstić information content (AvgIpc) is 2.60. The van der Waals surface area contributed by atoms with Crippen molar-refractivity contribution in [2.45, 2.75) is 13.3 Å². The summed E-state index contributed by atoms with van der Waals surface area (Å²) < 4.78 is 0. The molecule has 0 bridgehead atoms. The third-order valence-electron chi connectivity index (χ3n) is 2.26. The zero-order chi connectivity index (χ0) is 10.8. The van der Waals surface area contributed by atoms with Gasteiger partial charge in [0.1, 0.15) is 5.75 Å². The van der Waals surface area contributed by atoms with E-state index >= 15 is 0 Å². The number of phenolic OH excluding ortho intramolecular Hbond substituents is 1. The first kappa shape index (κ1) is 10.1. The first-order chi connectivity index (χ1) is 7.22. The van der Waals surface area contributed by atoms with E-state index < -0.39 is 0 Å². The zero-order valence-corrected chi connectivity index (χ0v) is 9.04. The van der Waals surface area contributed by atoms with Crippen LogP contribution in [0.5, 0.6) is 5.75 Å². The van der Waals surface area contributed by atoms with Gasteiger partial charge in [0.25, 0.3) is 0 Å². The van der Waals surface area contributed by atoms with Gasteiger partial charge in [-0.3, -0.25) is 0 Å². The van der Waals surface area contributed by atoms with Crippen LogP contribution in [0.3, 0.4) is 0 Å². The van der Waals surface area contributed by atoms with E-state index in [9.17, 15) is 5.11 Å². The summed E-state index contributed by atoms with van der Waals surface area (Å²) in [5.74, 6) is 0.218. The summed E-state index contributed by atoms with van der Waals surface area (Å²) in [4.78, 5) is 7.13. The van der Waals surface area contributed by atoms with E-state index in [4.69, 9.17) is 11.6 Å². The number of para-hydroxylation sites is 1. The van der Waals surface area contributed by atoms with E-state index in [-0.39, 0.29) is 5.75 Å². The lowest BCUT2D eigenvalue weighted by Crippen LogP contribution is -1.86. The number of hydrogen-bond donors (Lipinski definition) is 2. The van der Waals surface area contributed by atoms with Crippen LogP contribution in [0.4, 0.5) is 0 Å². The van der Waals surface area contributed by atoms with Gasteiger partial charge in [0.05, 0.1) is 5.69 Å². The smallest absolute Gasteiger partial charge is 0.200 e. The maximum atomic E-state index is 9.70. The maximum Gasteiger partial charge on any atom is 0.200 e. The number of aromatic hydroxyl groups is 1. The van der Waals surface area contributed by atoms with Crippen molar-refractivity contribution in [2.75, 3.05) is 0 Å². The highest BCUT2D eigenvalue weighted by Gasteiger charge is 2.12. The largest absolute Gasteiger partial charge is 0.507 e. The standard InChI is InChI=1S/C11H11ClN2O/c1-2-8-10(14-11(12)13-8)7-5-3-4-6-9(7)15/h3-6,15H,2H2,1H3,(H,13,14). The summed E-state index contributed by atoms with van der Waals surface area (Å²) in [5, 5.41) is 10.0. The number of H-pyrrole nitrogens is 1. The normalized spacial score (nSPS) is 10.5. The molecule has 1 heterocycles. The fraction of sp³-hybridized carbons (Fsp3) is 0.182. The molecule has 1 aromatic carbocycles. The van der Waals surface area contributed by atoms with Crippen LogP contribution in [0.25, 0.3) is 11.3 Å². The molecule has 1 aromatic heterocycles. The van der Waals surface area contributed by atoms with Crippen LogP contribution in [0.2, 0.25) is 5.28 Å². The van der Waals surface area contributed by atoms with Crippen LogP contribution in [0.1, 0.15) is 12.6 Å². The van der Waals surface area contributed by atoms with Gasteiger partial charge in [-0.05, 0) is 30.2 Å². The second-order valence-corrected chi connectivity index (χ2v) is 3.58. The van der Waals surface area contributed by atoms with Crippen molar-refractivity contribution < 1.29 is 5.11 Å². The van der Waals surface area contributed by atoms with Crippen LogP contribution in [0.15, 0.2) is 24.3 Å². The van der Waals surface area contributed by atoms with Gasteiger partial charge in [0.2, 0.25) is 5.28 Å². The average molecular weight is 223 g/mol. The molecule has 2 N–H and O–H groups in total. The van der Waals surface area contributed by atoms with Crippen LogP contribution in [0, 0.1) is 0 Å². The molecule has 0 aliphatic heterocycles. The number of rotatable bonds is 2. The first-order valence-electron chi connectivity index (χ1n) is 4.75. The number of phenols is 1. The monoisotopic (exact) mass is 222 g/mol. The lowest BCUT2D eigenvalue weighted by molar-refractivity contribution is 0.477. The molecule has 2 rings (SSSR count). The molecular weight excluding hydrogens is 212 g/mol. The molecule has 0 saturated heterocycles. The number of halogens is 1. The van der Waals surface area contributed by atoms with E-state index in [0.717, 1.165) is 17.8 Å². The number of imidazole rings is 1. The van der Waals surface area contributed by atoms with Crippen molar-refractivity contribution in [3.05, 3.63) is 35.2 Å². The highest BCUT2D eigenvalue weighted by atomic mass is 35.5. The number of aryl methyl sites for hydroxylation is 1. The fourth-order valence-corrected chi connectivity index (χ4v) is 1.73. The van der Waals surface area contributed by atoms with Gasteiger partial charge in [0, 0.05) is 11.3 Å². The molecule has 0 aliphatic rings. The van der Waals surface area contributed by atoms with Crippen molar-refractivity contribution in [3.8, 4) is 17.0 Å². The second-order valence-electron chi connectivity index (χ2n) is 3.23. The van der Waals surface area contributed by atoms with E-state index in [1.54, 1.807) is 12.1 Å². The van der Waals surface area contributed by atoms with Gasteiger partial charge in [0.15, 0.2) is 0 Å². The third kappa shape index (κ3) is 1.83. The second kappa shape index (κ2) is 3.95. The summed E-state index contributed by atoms with van der Waals surface area (Å²) >= 11 is 5.80. The number of aromatic amines is 1. The SMILES string of the molecule is CCc1[nH]c(Cl)nc1-c1ccccc1O. The molecule has 0 unspecified atom stereocenters. The van der Waals surface area contributed by atoms with E-state index in [2.05, 4.69) is 9.97 Å². The molecule has 0 spiro atoms. The van der Waals surface area contributed by atoms with Crippen molar-refractivity contribution in [3.63, 3.8) is 0 Å². The molecule has 0 fully saturated rings. The van der Waals surface area contributed by atoms with Gasteiger partial charge in [-0.25, -0.2) is 4.98 Å². The topological polar surface area (TPSA) is 48.9 Å². The molecule has 0 atom stereocenters. The Hall–Kier alpha value is -1.48. The van der Waals surface area contributed by atoms with E-state index in [0.29, 0.717) is 10.8 Å². The highest BCUT2D eigenvalue weighted by molar-refractivity contribution is 6.28. The van der Waals surface area contributed by atoms with Gasteiger partial charge >= 0.3 is 0 Å². The summed E-state index contributed by atoms with van der Waals surface area (Å²) in [6, 6.07) is 7.09. The molecule has 15 heavy (non-hydrogen) atoms. The van der Waals surface area contributed by atoms with Crippen molar-refractivity contribution in [1.82, 2.24) is 9.97 Å². The summed E-state index contributed by atoms with van der Waals surface area (Å²) in [6.45, 7) is 2.01. The Morgan fingerprint density at radius 3 is 2.80 bits per heavy atom. The van der Waals surface area contributed by atoms with Crippen molar-refractivity contribution >= 4 is 11.6 Å². The third-order valence-corrected chi connectivity index (χ3v) is 2.44. The Kier molecular flexibility index (Phi) is 2.64.